The SMILES string of the molecule is CCCCCC(O[Si](C)(C)C)C(=O)O. The minimum Gasteiger partial charge on any atom is -0.479 e. The molecule has 0 saturated carbocycles. The van der Waals surface area contributed by atoms with Crippen LogP contribution in [0.4, 0.5) is 0 Å². The average Bonchev–Trinajstić information content (AvgIpc) is 2.00. The summed E-state index contributed by atoms with van der Waals surface area (Å²) in [5.74, 6) is -0.816. The van der Waals surface area contributed by atoms with Gasteiger partial charge in [0.1, 0.15) is 6.10 Å². The molecule has 4 heteroatoms. The molecule has 3 nitrogen and oxygen atoms in total. The molecule has 0 rings (SSSR count). The largest absolute Gasteiger partial charge is 0.479 e. The summed E-state index contributed by atoms with van der Waals surface area (Å²) < 4.78 is 5.59. The van der Waals surface area contributed by atoms with E-state index in [1.807, 2.05) is 19.6 Å². The van der Waals surface area contributed by atoms with Crippen LogP contribution in [-0.4, -0.2) is 25.5 Å². The van der Waals surface area contributed by atoms with Crippen LogP contribution in [0.3, 0.4) is 0 Å². The quantitative estimate of drug-likeness (QED) is 0.528. The zero-order valence-electron chi connectivity index (χ0n) is 9.67. The molecule has 84 valence electrons. The zero-order chi connectivity index (χ0) is 11.2. The van der Waals surface area contributed by atoms with E-state index >= 15 is 0 Å². The summed E-state index contributed by atoms with van der Waals surface area (Å²) in [5.41, 5.74) is 0. The number of aliphatic carboxylic acids is 1. The first-order chi connectivity index (χ1) is 6.37. The molecule has 14 heavy (non-hydrogen) atoms. The van der Waals surface area contributed by atoms with Crippen LogP contribution in [0.1, 0.15) is 32.6 Å². The maximum atomic E-state index is 10.9. The van der Waals surface area contributed by atoms with Gasteiger partial charge in [-0.3, -0.25) is 0 Å². The van der Waals surface area contributed by atoms with Crippen molar-refractivity contribution in [2.45, 2.75) is 58.4 Å². The van der Waals surface area contributed by atoms with Crippen molar-refractivity contribution < 1.29 is 14.3 Å². The number of unbranched alkanes of at least 4 members (excludes halogenated alkanes) is 2. The first-order valence-corrected chi connectivity index (χ1v) is 8.68. The summed E-state index contributed by atoms with van der Waals surface area (Å²) in [7, 11) is -1.72. The zero-order valence-corrected chi connectivity index (χ0v) is 10.7. The lowest BCUT2D eigenvalue weighted by Crippen LogP contribution is -2.36. The highest BCUT2D eigenvalue weighted by molar-refractivity contribution is 6.69. The fourth-order valence-electron chi connectivity index (χ4n) is 1.24. The molecule has 0 spiro atoms. The van der Waals surface area contributed by atoms with E-state index < -0.39 is 20.4 Å². The molecular weight excluding hydrogens is 196 g/mol. The predicted octanol–water partition coefficient (Wildman–Crippen LogP) is 2.87. The third-order valence-corrected chi connectivity index (χ3v) is 2.83. The third kappa shape index (κ3) is 7.09. The molecule has 0 amide bonds. The Morgan fingerprint density at radius 3 is 2.29 bits per heavy atom. The van der Waals surface area contributed by atoms with Gasteiger partial charge in [-0.25, -0.2) is 4.79 Å². The predicted molar refractivity (Wildman–Crippen MR) is 60.0 cm³/mol. The minimum absolute atomic E-state index is 0.590. The van der Waals surface area contributed by atoms with Crippen molar-refractivity contribution in [3.05, 3.63) is 0 Å². The van der Waals surface area contributed by atoms with Gasteiger partial charge in [0.25, 0.3) is 0 Å². The van der Waals surface area contributed by atoms with E-state index in [4.69, 9.17) is 9.53 Å². The van der Waals surface area contributed by atoms with Crippen molar-refractivity contribution in [1.82, 2.24) is 0 Å². The number of carboxylic acid groups (broad SMARTS) is 1. The maximum Gasteiger partial charge on any atom is 0.331 e. The molecule has 0 radical (unpaired) electrons. The fourth-order valence-corrected chi connectivity index (χ4v) is 2.31. The summed E-state index contributed by atoms with van der Waals surface area (Å²) in [6, 6.07) is 0. The van der Waals surface area contributed by atoms with Crippen LogP contribution < -0.4 is 0 Å². The van der Waals surface area contributed by atoms with Gasteiger partial charge in [-0.1, -0.05) is 26.2 Å². The van der Waals surface area contributed by atoms with Crippen molar-refractivity contribution in [2.75, 3.05) is 0 Å². The Morgan fingerprint density at radius 1 is 1.36 bits per heavy atom. The average molecular weight is 218 g/mol. The molecule has 0 aromatic carbocycles. The molecule has 0 aliphatic carbocycles. The Labute approximate surface area is 87.6 Å². The monoisotopic (exact) mass is 218 g/mol. The second-order valence-corrected chi connectivity index (χ2v) is 9.01. The Bertz CT molecular complexity index is 175. The Morgan fingerprint density at radius 2 is 1.93 bits per heavy atom. The van der Waals surface area contributed by atoms with Crippen molar-refractivity contribution in [3.63, 3.8) is 0 Å². The van der Waals surface area contributed by atoms with Gasteiger partial charge >= 0.3 is 5.97 Å². The van der Waals surface area contributed by atoms with Gasteiger partial charge < -0.3 is 9.53 Å². The van der Waals surface area contributed by atoms with Gasteiger partial charge in [0.2, 0.25) is 0 Å². The highest BCUT2D eigenvalue weighted by Gasteiger charge is 2.25. The molecule has 0 fully saturated rings. The van der Waals surface area contributed by atoms with Crippen LogP contribution >= 0.6 is 0 Å². The Hall–Kier alpha value is -0.353. The number of carbonyl (C=O) groups is 1. The van der Waals surface area contributed by atoms with Crippen LogP contribution in [-0.2, 0) is 9.22 Å². The second-order valence-electron chi connectivity index (χ2n) is 4.55. The van der Waals surface area contributed by atoms with Gasteiger partial charge in [0.05, 0.1) is 0 Å². The van der Waals surface area contributed by atoms with Gasteiger partial charge in [-0.15, -0.1) is 0 Å². The smallest absolute Gasteiger partial charge is 0.331 e. The van der Waals surface area contributed by atoms with Crippen LogP contribution in [0.15, 0.2) is 0 Å². The molecule has 0 bridgehead atoms. The molecule has 0 aliphatic rings. The van der Waals surface area contributed by atoms with E-state index in [0.717, 1.165) is 19.3 Å². The van der Waals surface area contributed by atoms with Crippen LogP contribution in [0.5, 0.6) is 0 Å². The minimum atomic E-state index is -1.72. The summed E-state index contributed by atoms with van der Waals surface area (Å²) in [4.78, 5) is 10.9. The van der Waals surface area contributed by atoms with E-state index in [0.29, 0.717) is 6.42 Å². The van der Waals surface area contributed by atoms with E-state index in [-0.39, 0.29) is 0 Å². The number of hydrogen-bond acceptors (Lipinski definition) is 2. The van der Waals surface area contributed by atoms with Crippen LogP contribution in [0.25, 0.3) is 0 Å². The lowest BCUT2D eigenvalue weighted by atomic mass is 10.1. The third-order valence-electron chi connectivity index (χ3n) is 1.84. The Kier molecular flexibility index (Phi) is 6.03. The second kappa shape index (κ2) is 6.19. The van der Waals surface area contributed by atoms with E-state index in [1.54, 1.807) is 0 Å². The molecule has 0 heterocycles. The lowest BCUT2D eigenvalue weighted by molar-refractivity contribution is -0.145. The highest BCUT2D eigenvalue weighted by Crippen LogP contribution is 2.13. The first-order valence-electron chi connectivity index (χ1n) is 5.27. The summed E-state index contributed by atoms with van der Waals surface area (Å²) >= 11 is 0. The van der Waals surface area contributed by atoms with Crippen molar-refractivity contribution >= 4 is 14.3 Å². The van der Waals surface area contributed by atoms with Crippen molar-refractivity contribution in [1.29, 1.82) is 0 Å². The molecule has 0 aliphatic heterocycles. The van der Waals surface area contributed by atoms with Gasteiger partial charge in [-0.2, -0.15) is 0 Å². The molecule has 0 saturated heterocycles. The van der Waals surface area contributed by atoms with Gasteiger partial charge in [0.15, 0.2) is 8.32 Å². The van der Waals surface area contributed by atoms with E-state index in [2.05, 4.69) is 6.92 Å². The highest BCUT2D eigenvalue weighted by atomic mass is 28.4. The molecule has 1 atom stereocenters. The first kappa shape index (κ1) is 13.6. The number of carboxylic acids is 1. The molecule has 1 N–H and O–H groups in total. The lowest BCUT2D eigenvalue weighted by Gasteiger charge is -2.23. The summed E-state index contributed by atoms with van der Waals surface area (Å²) in [6.07, 6.45) is 3.19. The molecule has 1 unspecified atom stereocenters. The van der Waals surface area contributed by atoms with Crippen molar-refractivity contribution in [3.8, 4) is 0 Å². The maximum absolute atomic E-state index is 10.9. The van der Waals surface area contributed by atoms with Gasteiger partial charge in [-0.05, 0) is 26.1 Å². The molecule has 0 aromatic heterocycles. The molecular formula is C10H22O3Si. The number of hydrogen-bond donors (Lipinski definition) is 1. The van der Waals surface area contributed by atoms with Crippen molar-refractivity contribution in [2.24, 2.45) is 0 Å². The Balaban J connectivity index is 3.97. The van der Waals surface area contributed by atoms with Gasteiger partial charge in [0, 0.05) is 0 Å². The van der Waals surface area contributed by atoms with E-state index in [1.165, 1.54) is 0 Å². The normalized spacial score (nSPS) is 14.0. The number of rotatable bonds is 7. The van der Waals surface area contributed by atoms with Crippen LogP contribution in [0, 0.1) is 0 Å². The van der Waals surface area contributed by atoms with E-state index in [9.17, 15) is 4.79 Å². The topological polar surface area (TPSA) is 46.5 Å². The standard InChI is InChI=1S/C10H22O3Si/c1-5-6-7-8-9(10(11)12)13-14(2,3)4/h9H,5-8H2,1-4H3,(H,11,12). The fraction of sp³-hybridized carbons (Fsp3) is 0.900. The summed E-state index contributed by atoms with van der Waals surface area (Å²) in [5, 5.41) is 8.93. The molecule has 0 aromatic rings. The summed E-state index contributed by atoms with van der Waals surface area (Å²) in [6.45, 7) is 8.16. The van der Waals surface area contributed by atoms with Crippen LogP contribution in [0.2, 0.25) is 19.6 Å².